The van der Waals surface area contributed by atoms with E-state index < -0.39 is 0 Å². The van der Waals surface area contributed by atoms with E-state index in [1.54, 1.807) is 0 Å². The van der Waals surface area contributed by atoms with Gasteiger partial charge in [0.1, 0.15) is 7.05 Å². The number of nitrogens with zero attached hydrogens (tertiary/aromatic N) is 8. The Balaban J connectivity index is -0.0000000783. The Kier molecular flexibility index (Phi) is 80.9. The van der Waals surface area contributed by atoms with Crippen molar-refractivity contribution in [3.63, 3.8) is 0 Å². The van der Waals surface area contributed by atoms with Crippen LogP contribution >= 0.6 is 0 Å². The Morgan fingerprint density at radius 1 is 0.298 bits per heavy atom. The highest BCUT2D eigenvalue weighted by atomic mass is 15.2. The Morgan fingerprint density at radius 2 is 0.526 bits per heavy atom. The van der Waals surface area contributed by atoms with E-state index in [1.165, 1.54) is 117 Å². The van der Waals surface area contributed by atoms with Gasteiger partial charge < -0.3 is 34.0 Å². The summed E-state index contributed by atoms with van der Waals surface area (Å²) < 4.78 is 4.00. The van der Waals surface area contributed by atoms with Crippen LogP contribution in [-0.2, 0) is 14.1 Å². The van der Waals surface area contributed by atoms with Gasteiger partial charge in [0.25, 0.3) is 0 Å². The summed E-state index contributed by atoms with van der Waals surface area (Å²) in [4.78, 5) is 14.0. The number of hydrogen-bond acceptors (Lipinski definition) is 6. The molecule has 0 saturated carbocycles. The van der Waals surface area contributed by atoms with E-state index in [0.29, 0.717) is 0 Å². The minimum absolute atomic E-state index is 0. The quantitative estimate of drug-likeness (QED) is 0.194. The molecular weight excluding hydrogens is 701 g/mol. The summed E-state index contributed by atoms with van der Waals surface area (Å²) in [5, 5.41) is 0. The fourth-order valence-electron chi connectivity index (χ4n) is 4.31. The van der Waals surface area contributed by atoms with Gasteiger partial charge in [0, 0.05) is 70.8 Å². The van der Waals surface area contributed by atoms with Gasteiger partial charge in [-0.2, -0.15) is 0 Å². The first-order valence-corrected chi connectivity index (χ1v) is 22.7. The standard InChI is InChI=1S/C6H14N2.C6H13N.C6H8N.C5H11N.C5H7N.C4H9N.C3H7N.6C2H6.2CH4/c1-7-3-5-8(2)6-4-7;2*1-7-5-3-2-4-6-7;2*1-6-4-2-3-5-6;1-5-3-2-4-5;1-4-2-3-4;6*1-2;;/h3-6H2,1-2H3;2-6H2,1H3;2-6H,1H3;2-5H2,1H3;2-5H,1H3;2-4H2,1H3;2-3H2,1H3;6*1-2H3;2*1H4/q;;+1;;;;;;;;;;;;. The van der Waals surface area contributed by atoms with E-state index >= 15 is 0 Å². The van der Waals surface area contributed by atoms with Crippen molar-refractivity contribution in [1.82, 2.24) is 34.0 Å². The normalized spacial score (nSPS) is 16.2. The summed E-state index contributed by atoms with van der Waals surface area (Å²) in [5.41, 5.74) is 0. The number of rotatable bonds is 0. The summed E-state index contributed by atoms with van der Waals surface area (Å²) >= 11 is 0. The Morgan fingerprint density at radius 3 is 0.649 bits per heavy atom. The molecule has 0 N–H and O–H groups in total. The lowest BCUT2D eigenvalue weighted by atomic mass is 10.1. The van der Waals surface area contributed by atoms with E-state index in [0.717, 1.165) is 0 Å². The molecule has 5 fully saturated rings. The SMILES string of the molecule is C.C.CC.CC.CC.CC.CC.CC.CN1CC1.CN1CCC1.CN1CCCC1.CN1CCCCC1.CN1CCN(C)CC1.C[n+]1ccccc1.Cn1cccc1. The average Bonchev–Trinajstić information content (AvgIpc) is 3.60. The maximum atomic E-state index is 2.39. The van der Waals surface area contributed by atoms with Crippen LogP contribution in [0.2, 0.25) is 0 Å². The first-order valence-electron chi connectivity index (χ1n) is 22.7. The molecule has 7 rings (SSSR count). The van der Waals surface area contributed by atoms with Crippen LogP contribution in [0.5, 0.6) is 0 Å². The highest BCUT2D eigenvalue weighted by molar-refractivity contribution is 4.88. The Hall–Kier alpha value is -1.81. The molecule has 8 heteroatoms. The molecule has 0 bridgehead atoms. The first-order chi connectivity index (χ1) is 26.7. The molecule has 2 aromatic heterocycles. The van der Waals surface area contributed by atoms with Gasteiger partial charge in [0.05, 0.1) is 0 Å². The molecule has 5 saturated heterocycles. The van der Waals surface area contributed by atoms with Crippen molar-refractivity contribution in [2.75, 3.05) is 121 Å². The van der Waals surface area contributed by atoms with Crippen LogP contribution in [0.4, 0.5) is 0 Å². The van der Waals surface area contributed by atoms with Gasteiger partial charge in [-0.15, -0.1) is 0 Å². The van der Waals surface area contributed by atoms with Gasteiger partial charge in [0.2, 0.25) is 0 Å². The number of piperazine rings is 1. The third-order valence-corrected chi connectivity index (χ3v) is 8.00. The molecule has 57 heavy (non-hydrogen) atoms. The molecule has 0 atom stereocenters. The lowest BCUT2D eigenvalue weighted by molar-refractivity contribution is -0.671. The fourth-order valence-corrected chi connectivity index (χ4v) is 4.31. The molecule has 0 spiro atoms. The van der Waals surface area contributed by atoms with Crippen LogP contribution in [0.1, 0.15) is 136 Å². The van der Waals surface area contributed by atoms with E-state index in [4.69, 9.17) is 0 Å². The van der Waals surface area contributed by atoms with E-state index in [1.807, 2.05) is 161 Å². The number of likely N-dealkylation sites (tertiary alicyclic amines) is 3. The van der Waals surface area contributed by atoms with Crippen LogP contribution < -0.4 is 4.57 Å². The molecule has 5 aliphatic rings. The zero-order valence-electron chi connectivity index (χ0n) is 41.5. The summed E-state index contributed by atoms with van der Waals surface area (Å²) in [6.45, 7) is 39.5. The van der Waals surface area contributed by atoms with E-state index in [9.17, 15) is 0 Å². The molecule has 5 aliphatic heterocycles. The summed E-state index contributed by atoms with van der Waals surface area (Å²) in [7, 11) is 17.0. The molecular formula is C49H113N8+. The molecule has 0 aliphatic carbocycles. The molecule has 0 unspecified atom stereocenters. The average molecular weight is 814 g/mol. The van der Waals surface area contributed by atoms with Crippen molar-refractivity contribution in [3.8, 4) is 0 Å². The second-order valence-electron chi connectivity index (χ2n) is 12.8. The van der Waals surface area contributed by atoms with Crippen molar-refractivity contribution >= 4 is 0 Å². The van der Waals surface area contributed by atoms with Gasteiger partial charge in [-0.1, -0.05) is 110 Å². The Labute approximate surface area is 364 Å². The van der Waals surface area contributed by atoms with Gasteiger partial charge in [0.15, 0.2) is 12.4 Å². The smallest absolute Gasteiger partial charge is 0.168 e. The van der Waals surface area contributed by atoms with Crippen molar-refractivity contribution in [2.45, 2.75) is 136 Å². The predicted molar refractivity (Wildman–Crippen MR) is 267 cm³/mol. The number of piperidine rings is 1. The second kappa shape index (κ2) is 63.4. The molecule has 7 heterocycles. The molecule has 0 amide bonds. The number of hydrogen-bond donors (Lipinski definition) is 0. The number of pyridine rings is 1. The van der Waals surface area contributed by atoms with Crippen molar-refractivity contribution < 1.29 is 4.57 Å². The zero-order chi connectivity index (χ0) is 43.7. The lowest BCUT2D eigenvalue weighted by Crippen LogP contribution is -2.42. The molecule has 348 valence electrons. The van der Waals surface area contributed by atoms with Crippen LogP contribution in [0, 0.1) is 0 Å². The topological polar surface area (TPSA) is 28.0 Å². The molecule has 0 aromatic carbocycles. The number of aryl methyl sites for hydroxylation is 2. The van der Waals surface area contributed by atoms with Gasteiger partial charge >= 0.3 is 0 Å². The van der Waals surface area contributed by atoms with Gasteiger partial charge in [-0.25, -0.2) is 4.57 Å². The van der Waals surface area contributed by atoms with E-state index in [-0.39, 0.29) is 14.9 Å². The van der Waals surface area contributed by atoms with Crippen LogP contribution in [0.25, 0.3) is 0 Å². The summed E-state index contributed by atoms with van der Waals surface area (Å²) in [6, 6.07) is 10.0. The minimum Gasteiger partial charge on any atom is -0.357 e. The molecule has 8 nitrogen and oxygen atoms in total. The maximum Gasteiger partial charge on any atom is 0.168 e. The number of likely N-dealkylation sites (N-methyl/N-ethyl adjacent to an activating group) is 3. The molecule has 0 radical (unpaired) electrons. The predicted octanol–water partition coefficient (Wildman–Crippen LogP) is 10.9. The lowest BCUT2D eigenvalue weighted by Gasteiger charge is -2.28. The zero-order valence-corrected chi connectivity index (χ0v) is 41.5. The van der Waals surface area contributed by atoms with Crippen molar-refractivity contribution in [2.24, 2.45) is 14.1 Å². The van der Waals surface area contributed by atoms with Crippen LogP contribution in [0.15, 0.2) is 55.1 Å². The first kappa shape index (κ1) is 72.8. The summed E-state index contributed by atoms with van der Waals surface area (Å²) in [6.07, 6.45) is 16.5. The van der Waals surface area contributed by atoms with Crippen molar-refractivity contribution in [3.05, 3.63) is 55.1 Å². The third-order valence-electron chi connectivity index (χ3n) is 8.00. The minimum atomic E-state index is 0. The maximum absolute atomic E-state index is 2.39. The highest BCUT2D eigenvalue weighted by Crippen LogP contribution is 2.05. The van der Waals surface area contributed by atoms with Gasteiger partial charge in [-0.3, -0.25) is 0 Å². The Bertz CT molecular complexity index is 812. The summed E-state index contributed by atoms with van der Waals surface area (Å²) in [5.74, 6) is 0. The van der Waals surface area contributed by atoms with Gasteiger partial charge in [-0.05, 0) is 126 Å². The van der Waals surface area contributed by atoms with Crippen molar-refractivity contribution in [1.29, 1.82) is 0 Å². The van der Waals surface area contributed by atoms with Crippen LogP contribution in [-0.4, -0.2) is 155 Å². The molecule has 2 aromatic rings. The highest BCUT2D eigenvalue weighted by Gasteiger charge is 2.08. The van der Waals surface area contributed by atoms with Crippen LogP contribution in [0.3, 0.4) is 0 Å². The number of aromatic nitrogens is 2. The largest absolute Gasteiger partial charge is 0.357 e. The fraction of sp³-hybridized carbons (Fsp3) is 0.816. The third kappa shape index (κ3) is 66.3. The second-order valence-corrected chi connectivity index (χ2v) is 12.8. The monoisotopic (exact) mass is 814 g/mol. The van der Waals surface area contributed by atoms with E-state index in [2.05, 4.69) is 71.7 Å².